The molecule has 0 unspecified atom stereocenters. The van der Waals surface area contributed by atoms with E-state index in [0.29, 0.717) is 18.2 Å². The second-order valence-corrected chi connectivity index (χ2v) is 5.06. The highest BCUT2D eigenvalue weighted by Gasteiger charge is 2.15. The zero-order valence-electron chi connectivity index (χ0n) is 11.9. The second-order valence-electron chi connectivity index (χ2n) is 5.06. The molecule has 0 spiro atoms. The maximum atomic E-state index is 5.90. The van der Waals surface area contributed by atoms with Crippen molar-refractivity contribution in [2.75, 3.05) is 50.5 Å². The van der Waals surface area contributed by atoms with Crippen molar-refractivity contribution in [2.24, 2.45) is 0 Å². The first kappa shape index (κ1) is 13.9. The Morgan fingerprint density at radius 2 is 2.11 bits per heavy atom. The fourth-order valence-electron chi connectivity index (χ4n) is 2.21. The zero-order valence-corrected chi connectivity index (χ0v) is 11.9. The molecule has 1 aromatic heterocycles. The summed E-state index contributed by atoms with van der Waals surface area (Å²) in [6.45, 7) is 6.98. The molecule has 0 bridgehead atoms. The molecule has 1 aromatic rings. The molecule has 0 aliphatic carbocycles. The average Bonchev–Trinajstić information content (AvgIpc) is 2.63. The van der Waals surface area contributed by atoms with Crippen LogP contribution < -0.4 is 15.4 Å². The molecule has 0 aromatic carbocycles. The summed E-state index contributed by atoms with van der Waals surface area (Å²) < 4.78 is 5.60. The molecular weight excluding hydrogens is 240 g/mol. The molecule has 0 amide bonds. The van der Waals surface area contributed by atoms with Crippen LogP contribution in [0.5, 0.6) is 5.88 Å². The lowest BCUT2D eigenvalue weighted by Crippen LogP contribution is -2.29. The van der Waals surface area contributed by atoms with E-state index in [4.69, 9.17) is 10.5 Å². The molecule has 1 aliphatic heterocycles. The van der Waals surface area contributed by atoms with E-state index in [-0.39, 0.29) is 0 Å². The predicted molar refractivity (Wildman–Crippen MR) is 78.8 cm³/mol. The molecule has 0 saturated carbocycles. The van der Waals surface area contributed by atoms with Gasteiger partial charge in [-0.2, -0.15) is 4.98 Å². The number of ether oxygens (including phenoxy) is 1. The fourth-order valence-corrected chi connectivity index (χ4v) is 2.21. The lowest BCUT2D eigenvalue weighted by Gasteiger charge is -2.22. The second kappa shape index (κ2) is 6.61. The van der Waals surface area contributed by atoms with Crippen LogP contribution in [0.2, 0.25) is 0 Å². The third-order valence-corrected chi connectivity index (χ3v) is 3.36. The van der Waals surface area contributed by atoms with Crippen molar-refractivity contribution in [3.63, 3.8) is 0 Å². The number of hydrogen-bond donors (Lipinski definition) is 1. The van der Waals surface area contributed by atoms with Crippen LogP contribution in [-0.2, 0) is 0 Å². The number of hydrogen-bond acceptors (Lipinski definition) is 5. The summed E-state index contributed by atoms with van der Waals surface area (Å²) in [4.78, 5) is 9.22. The van der Waals surface area contributed by atoms with Gasteiger partial charge in [-0.3, -0.25) is 0 Å². The highest BCUT2D eigenvalue weighted by molar-refractivity contribution is 5.54. The van der Waals surface area contributed by atoms with E-state index < -0.39 is 0 Å². The quantitative estimate of drug-likeness (QED) is 0.895. The van der Waals surface area contributed by atoms with E-state index in [9.17, 15) is 0 Å². The molecule has 5 nitrogen and oxygen atoms in total. The van der Waals surface area contributed by atoms with Crippen LogP contribution in [0.4, 0.5) is 11.5 Å². The number of nitrogen functional groups attached to an aromatic ring is 1. The van der Waals surface area contributed by atoms with Gasteiger partial charge in [0.2, 0.25) is 5.88 Å². The van der Waals surface area contributed by atoms with Gasteiger partial charge >= 0.3 is 0 Å². The molecule has 2 heterocycles. The smallest absolute Gasteiger partial charge is 0.239 e. The Kier molecular flexibility index (Phi) is 4.85. The highest BCUT2D eigenvalue weighted by atomic mass is 16.5. The fraction of sp³-hybridized carbons (Fsp3) is 0.643. The summed E-state index contributed by atoms with van der Waals surface area (Å²) in [5.74, 6) is 1.53. The molecule has 19 heavy (non-hydrogen) atoms. The molecule has 106 valence electrons. The van der Waals surface area contributed by atoms with Crippen LogP contribution in [-0.4, -0.2) is 49.7 Å². The van der Waals surface area contributed by atoms with Gasteiger partial charge in [0.05, 0.1) is 12.3 Å². The van der Waals surface area contributed by atoms with Crippen LogP contribution >= 0.6 is 0 Å². The monoisotopic (exact) mass is 264 g/mol. The van der Waals surface area contributed by atoms with E-state index in [0.717, 1.165) is 44.8 Å². The van der Waals surface area contributed by atoms with E-state index in [1.165, 1.54) is 0 Å². The summed E-state index contributed by atoms with van der Waals surface area (Å²) >= 11 is 0. The minimum absolute atomic E-state index is 0.567. The van der Waals surface area contributed by atoms with E-state index in [1.54, 1.807) is 0 Å². The van der Waals surface area contributed by atoms with Crippen molar-refractivity contribution in [1.82, 2.24) is 9.88 Å². The van der Waals surface area contributed by atoms with Gasteiger partial charge in [-0.15, -0.1) is 0 Å². The number of nitrogens with zero attached hydrogens (tertiary/aromatic N) is 3. The highest BCUT2D eigenvalue weighted by Crippen LogP contribution is 2.24. The van der Waals surface area contributed by atoms with Crippen LogP contribution in [0.15, 0.2) is 12.1 Å². The van der Waals surface area contributed by atoms with Gasteiger partial charge in [-0.25, -0.2) is 0 Å². The Labute approximate surface area is 115 Å². The van der Waals surface area contributed by atoms with Gasteiger partial charge in [-0.05, 0) is 38.6 Å². The average molecular weight is 264 g/mol. The van der Waals surface area contributed by atoms with Crippen LogP contribution in [0.1, 0.15) is 19.8 Å². The Morgan fingerprint density at radius 3 is 2.89 bits per heavy atom. The summed E-state index contributed by atoms with van der Waals surface area (Å²) in [6.07, 6.45) is 2.12. The van der Waals surface area contributed by atoms with Crippen molar-refractivity contribution >= 4 is 11.5 Å². The molecule has 1 fully saturated rings. The minimum atomic E-state index is 0.567. The SMILES string of the molecule is CCCOc1nc(N2CCCN(C)CC2)ccc1N. The molecule has 1 aliphatic rings. The van der Waals surface area contributed by atoms with Gasteiger partial charge < -0.3 is 20.3 Å². The molecule has 0 atom stereocenters. The standard InChI is InChI=1S/C14H24N4O/c1-3-11-19-14-12(15)5-6-13(16-14)18-8-4-7-17(2)9-10-18/h5-6H,3-4,7-11,15H2,1-2H3. The Hall–Kier alpha value is -1.49. The minimum Gasteiger partial charge on any atom is -0.476 e. The van der Waals surface area contributed by atoms with Gasteiger partial charge in [0.25, 0.3) is 0 Å². The summed E-state index contributed by atoms with van der Waals surface area (Å²) in [7, 11) is 2.16. The third kappa shape index (κ3) is 3.73. The number of rotatable bonds is 4. The first-order chi connectivity index (χ1) is 9.20. The van der Waals surface area contributed by atoms with Crippen molar-refractivity contribution in [2.45, 2.75) is 19.8 Å². The largest absolute Gasteiger partial charge is 0.476 e. The molecule has 0 radical (unpaired) electrons. The predicted octanol–water partition coefficient (Wildman–Crippen LogP) is 1.59. The number of aromatic nitrogens is 1. The van der Waals surface area contributed by atoms with Gasteiger partial charge in [0, 0.05) is 19.6 Å². The number of likely N-dealkylation sites (N-methyl/N-ethyl adjacent to an activating group) is 1. The van der Waals surface area contributed by atoms with Crippen molar-refractivity contribution in [1.29, 1.82) is 0 Å². The van der Waals surface area contributed by atoms with Crippen LogP contribution in [0.25, 0.3) is 0 Å². The third-order valence-electron chi connectivity index (χ3n) is 3.36. The van der Waals surface area contributed by atoms with E-state index in [2.05, 4.69) is 28.8 Å². The van der Waals surface area contributed by atoms with Crippen molar-refractivity contribution < 1.29 is 4.74 Å². The number of anilines is 2. The summed E-state index contributed by atoms with van der Waals surface area (Å²) in [6, 6.07) is 3.88. The van der Waals surface area contributed by atoms with Gasteiger partial charge in [0.15, 0.2) is 0 Å². The van der Waals surface area contributed by atoms with Crippen LogP contribution in [0, 0.1) is 0 Å². The molecule has 2 rings (SSSR count). The Balaban J connectivity index is 2.10. The molecule has 5 heteroatoms. The molecular formula is C14H24N4O. The Bertz CT molecular complexity index is 410. The van der Waals surface area contributed by atoms with E-state index >= 15 is 0 Å². The topological polar surface area (TPSA) is 54.6 Å². The maximum absolute atomic E-state index is 5.90. The van der Waals surface area contributed by atoms with E-state index in [1.807, 2.05) is 12.1 Å². The molecule has 2 N–H and O–H groups in total. The Morgan fingerprint density at radius 1 is 1.26 bits per heavy atom. The first-order valence-electron chi connectivity index (χ1n) is 7.03. The van der Waals surface area contributed by atoms with Crippen LogP contribution in [0.3, 0.4) is 0 Å². The summed E-state index contributed by atoms with van der Waals surface area (Å²) in [5.41, 5.74) is 6.51. The normalized spacial score (nSPS) is 17.3. The lowest BCUT2D eigenvalue weighted by atomic mass is 10.3. The summed E-state index contributed by atoms with van der Waals surface area (Å²) in [5, 5.41) is 0. The number of nitrogens with two attached hydrogens (primary N) is 1. The van der Waals surface area contributed by atoms with Crippen molar-refractivity contribution in [3.05, 3.63) is 12.1 Å². The zero-order chi connectivity index (χ0) is 13.7. The molecule has 1 saturated heterocycles. The van der Waals surface area contributed by atoms with Gasteiger partial charge in [0.1, 0.15) is 5.82 Å². The lowest BCUT2D eigenvalue weighted by molar-refractivity contribution is 0.307. The van der Waals surface area contributed by atoms with Gasteiger partial charge in [-0.1, -0.05) is 6.92 Å². The number of pyridine rings is 1. The maximum Gasteiger partial charge on any atom is 0.239 e. The first-order valence-corrected chi connectivity index (χ1v) is 7.03. The van der Waals surface area contributed by atoms with Crippen molar-refractivity contribution in [3.8, 4) is 5.88 Å².